The second kappa shape index (κ2) is 4.97. The molecule has 0 radical (unpaired) electrons. The standard InChI is InChI=1S/C18H27NO3/c1-11-2-15(16(20)21)10-19(9-11)17(22)18-6-12-3-13(7-18)5-14(4-12)8-18/h11-15H,2-10H2,1H3,(H,20,21). The molecule has 1 amide bonds. The lowest BCUT2D eigenvalue weighted by molar-refractivity contribution is -0.162. The van der Waals surface area contributed by atoms with Crippen LogP contribution in [0.1, 0.15) is 51.9 Å². The van der Waals surface area contributed by atoms with Crippen molar-refractivity contribution in [3.8, 4) is 0 Å². The summed E-state index contributed by atoms with van der Waals surface area (Å²) < 4.78 is 0. The molecule has 4 bridgehead atoms. The third-order valence-corrected chi connectivity index (χ3v) is 6.79. The van der Waals surface area contributed by atoms with Gasteiger partial charge in [-0.25, -0.2) is 0 Å². The molecule has 1 aliphatic heterocycles. The summed E-state index contributed by atoms with van der Waals surface area (Å²) >= 11 is 0. The van der Waals surface area contributed by atoms with Crippen molar-refractivity contribution in [1.82, 2.24) is 4.90 Å². The van der Waals surface area contributed by atoms with Gasteiger partial charge >= 0.3 is 5.97 Å². The van der Waals surface area contributed by atoms with E-state index in [1.807, 2.05) is 4.90 Å². The van der Waals surface area contributed by atoms with E-state index < -0.39 is 5.97 Å². The van der Waals surface area contributed by atoms with E-state index in [2.05, 4.69) is 6.92 Å². The fourth-order valence-corrected chi connectivity index (χ4v) is 6.40. The van der Waals surface area contributed by atoms with E-state index in [4.69, 9.17) is 0 Å². The van der Waals surface area contributed by atoms with Crippen LogP contribution in [0.25, 0.3) is 0 Å². The fraction of sp³-hybridized carbons (Fsp3) is 0.889. The van der Waals surface area contributed by atoms with Crippen molar-refractivity contribution >= 4 is 11.9 Å². The zero-order valence-electron chi connectivity index (χ0n) is 13.5. The average molecular weight is 305 g/mol. The maximum Gasteiger partial charge on any atom is 0.308 e. The minimum Gasteiger partial charge on any atom is -0.481 e. The first kappa shape index (κ1) is 14.5. The Morgan fingerprint density at radius 3 is 2.00 bits per heavy atom. The van der Waals surface area contributed by atoms with Gasteiger partial charge in [-0.2, -0.15) is 0 Å². The first-order valence-corrected chi connectivity index (χ1v) is 8.97. The van der Waals surface area contributed by atoms with Gasteiger partial charge in [-0.1, -0.05) is 6.92 Å². The number of carbonyl (C=O) groups excluding carboxylic acids is 1. The van der Waals surface area contributed by atoms with Gasteiger partial charge in [0.25, 0.3) is 0 Å². The molecule has 4 aliphatic carbocycles. The van der Waals surface area contributed by atoms with E-state index in [0.717, 1.165) is 43.6 Å². The van der Waals surface area contributed by atoms with Gasteiger partial charge in [0.2, 0.25) is 5.91 Å². The van der Waals surface area contributed by atoms with Crippen molar-refractivity contribution in [2.75, 3.05) is 13.1 Å². The third-order valence-electron chi connectivity index (χ3n) is 6.79. The Kier molecular flexibility index (Phi) is 3.28. The first-order chi connectivity index (χ1) is 10.4. The molecule has 5 fully saturated rings. The van der Waals surface area contributed by atoms with Gasteiger partial charge in [0.1, 0.15) is 0 Å². The van der Waals surface area contributed by atoms with Gasteiger partial charge in [-0.3, -0.25) is 9.59 Å². The van der Waals surface area contributed by atoms with Crippen LogP contribution in [0.4, 0.5) is 0 Å². The molecule has 22 heavy (non-hydrogen) atoms. The lowest BCUT2D eigenvalue weighted by atomic mass is 9.49. The van der Waals surface area contributed by atoms with Crippen LogP contribution in [-0.2, 0) is 9.59 Å². The highest BCUT2D eigenvalue weighted by Gasteiger charge is 2.56. The van der Waals surface area contributed by atoms with Crippen molar-refractivity contribution in [3.05, 3.63) is 0 Å². The molecule has 0 aromatic rings. The molecule has 122 valence electrons. The van der Waals surface area contributed by atoms with Crippen LogP contribution in [0.3, 0.4) is 0 Å². The summed E-state index contributed by atoms with van der Waals surface area (Å²) in [4.78, 5) is 26.6. The second-order valence-electron chi connectivity index (χ2n) is 8.78. The zero-order chi connectivity index (χ0) is 15.5. The van der Waals surface area contributed by atoms with Crippen molar-refractivity contribution in [3.63, 3.8) is 0 Å². The van der Waals surface area contributed by atoms with E-state index in [0.29, 0.717) is 24.8 Å². The topological polar surface area (TPSA) is 57.6 Å². The molecule has 0 spiro atoms. The predicted molar refractivity (Wildman–Crippen MR) is 82.1 cm³/mol. The van der Waals surface area contributed by atoms with Crippen LogP contribution in [0.5, 0.6) is 0 Å². The Labute approximate surface area is 132 Å². The predicted octanol–water partition coefficient (Wildman–Crippen LogP) is 2.77. The van der Waals surface area contributed by atoms with Gasteiger partial charge in [-0.15, -0.1) is 0 Å². The molecule has 0 aromatic heterocycles. The minimum absolute atomic E-state index is 0.130. The second-order valence-corrected chi connectivity index (χ2v) is 8.78. The number of carboxylic acids is 1. The van der Waals surface area contributed by atoms with Gasteiger partial charge in [0.05, 0.1) is 11.3 Å². The van der Waals surface area contributed by atoms with Crippen molar-refractivity contribution < 1.29 is 14.7 Å². The summed E-state index contributed by atoms with van der Waals surface area (Å²) in [7, 11) is 0. The van der Waals surface area contributed by atoms with Gasteiger partial charge < -0.3 is 10.0 Å². The van der Waals surface area contributed by atoms with Crippen LogP contribution >= 0.6 is 0 Å². The summed E-state index contributed by atoms with van der Waals surface area (Å²) in [5.74, 6) is 1.75. The monoisotopic (exact) mass is 305 g/mol. The van der Waals surface area contributed by atoms with Gasteiger partial charge in [0, 0.05) is 13.1 Å². The fourth-order valence-electron chi connectivity index (χ4n) is 6.40. The van der Waals surface area contributed by atoms with Crippen molar-refractivity contribution in [2.24, 2.45) is 35.0 Å². The molecule has 2 unspecified atom stereocenters. The molecule has 1 N–H and O–H groups in total. The van der Waals surface area contributed by atoms with E-state index in [1.165, 1.54) is 19.3 Å². The van der Waals surface area contributed by atoms with Crippen LogP contribution in [0.2, 0.25) is 0 Å². The minimum atomic E-state index is -0.741. The normalized spacial score (nSPS) is 46.8. The summed E-state index contributed by atoms with van der Waals surface area (Å²) in [5, 5.41) is 9.35. The number of rotatable bonds is 2. The van der Waals surface area contributed by atoms with Crippen LogP contribution in [0.15, 0.2) is 0 Å². The van der Waals surface area contributed by atoms with Crippen molar-refractivity contribution in [1.29, 1.82) is 0 Å². The summed E-state index contributed by atoms with van der Waals surface area (Å²) in [6.07, 6.45) is 7.92. The van der Waals surface area contributed by atoms with Crippen LogP contribution in [0, 0.1) is 35.0 Å². The quantitative estimate of drug-likeness (QED) is 0.853. The number of hydrogen-bond donors (Lipinski definition) is 1. The molecule has 1 heterocycles. The Morgan fingerprint density at radius 2 is 1.50 bits per heavy atom. The molecule has 4 heteroatoms. The van der Waals surface area contributed by atoms with Crippen molar-refractivity contribution in [2.45, 2.75) is 51.9 Å². The highest BCUT2D eigenvalue weighted by atomic mass is 16.4. The van der Waals surface area contributed by atoms with E-state index in [1.54, 1.807) is 0 Å². The van der Waals surface area contributed by atoms with E-state index in [9.17, 15) is 14.7 Å². The highest BCUT2D eigenvalue weighted by Crippen LogP contribution is 2.60. The average Bonchev–Trinajstić information content (AvgIpc) is 2.44. The maximum absolute atomic E-state index is 13.3. The molecule has 5 aliphatic rings. The molecular weight excluding hydrogens is 278 g/mol. The number of likely N-dealkylation sites (tertiary alicyclic amines) is 1. The first-order valence-electron chi connectivity index (χ1n) is 8.97. The molecule has 0 aromatic carbocycles. The molecule has 1 saturated heterocycles. The number of carbonyl (C=O) groups is 2. The molecule has 5 rings (SSSR count). The number of piperidine rings is 1. The van der Waals surface area contributed by atoms with Gasteiger partial charge in [-0.05, 0) is 68.6 Å². The van der Waals surface area contributed by atoms with Crippen LogP contribution in [-0.4, -0.2) is 35.0 Å². The Morgan fingerprint density at radius 1 is 0.955 bits per heavy atom. The van der Waals surface area contributed by atoms with E-state index >= 15 is 0 Å². The Balaban J connectivity index is 1.55. The Bertz CT molecular complexity index is 465. The summed E-state index contributed by atoms with van der Waals surface area (Å²) in [6.45, 7) is 3.26. The number of nitrogens with zero attached hydrogens (tertiary/aromatic N) is 1. The lowest BCUT2D eigenvalue weighted by Gasteiger charge is -2.57. The van der Waals surface area contributed by atoms with E-state index in [-0.39, 0.29) is 11.3 Å². The van der Waals surface area contributed by atoms with Gasteiger partial charge in [0.15, 0.2) is 0 Å². The molecule has 4 nitrogen and oxygen atoms in total. The number of carboxylic acid groups (broad SMARTS) is 1. The highest BCUT2D eigenvalue weighted by molar-refractivity contribution is 5.84. The summed E-state index contributed by atoms with van der Waals surface area (Å²) in [6, 6.07) is 0. The van der Waals surface area contributed by atoms with Crippen LogP contribution < -0.4 is 0 Å². The molecule has 2 atom stereocenters. The smallest absolute Gasteiger partial charge is 0.308 e. The third kappa shape index (κ3) is 2.26. The largest absolute Gasteiger partial charge is 0.481 e. The zero-order valence-corrected chi connectivity index (χ0v) is 13.5. The molecule has 4 saturated carbocycles. The molecular formula is C18H27NO3. The number of amides is 1. The Hall–Kier alpha value is -1.06. The maximum atomic E-state index is 13.3. The number of aliphatic carboxylic acids is 1. The SMILES string of the molecule is CC1CC(C(=O)O)CN(C(=O)C23CC4CC(CC(C4)C2)C3)C1. The number of hydrogen-bond acceptors (Lipinski definition) is 2. The summed E-state index contributed by atoms with van der Waals surface area (Å²) in [5.41, 5.74) is -0.130. The lowest BCUT2D eigenvalue weighted by Crippen LogP contribution is -2.57.